The maximum atomic E-state index is 12.9. The summed E-state index contributed by atoms with van der Waals surface area (Å²) in [5.74, 6) is -0.209. The Kier molecular flexibility index (Phi) is 6.21. The Labute approximate surface area is 178 Å². The number of carbonyl (C=O) groups is 2. The Morgan fingerprint density at radius 1 is 0.900 bits per heavy atom. The maximum absolute atomic E-state index is 12.9. The van der Waals surface area contributed by atoms with Crippen LogP contribution in [0.25, 0.3) is 0 Å². The molecular formula is C24H30N4O2. The van der Waals surface area contributed by atoms with E-state index in [0.29, 0.717) is 13.1 Å². The number of carbonyl (C=O) groups excluding carboxylic acids is 2. The van der Waals surface area contributed by atoms with Crippen LogP contribution in [0.5, 0.6) is 0 Å². The molecular weight excluding hydrogens is 376 g/mol. The zero-order valence-corrected chi connectivity index (χ0v) is 17.6. The molecule has 2 N–H and O–H groups in total. The third-order valence-corrected chi connectivity index (χ3v) is 6.02. The molecule has 0 aromatic heterocycles. The highest BCUT2D eigenvalue weighted by atomic mass is 16.2. The van der Waals surface area contributed by atoms with Gasteiger partial charge >= 0.3 is 6.03 Å². The molecule has 6 heteroatoms. The second-order valence-electron chi connectivity index (χ2n) is 8.27. The third-order valence-electron chi connectivity index (χ3n) is 6.02. The van der Waals surface area contributed by atoms with Gasteiger partial charge in [-0.15, -0.1) is 0 Å². The first kappa shape index (κ1) is 20.3. The number of nitrogens with one attached hydrogen (secondary N) is 2. The Morgan fingerprint density at radius 3 is 2.40 bits per heavy atom. The fourth-order valence-electron chi connectivity index (χ4n) is 4.39. The van der Waals surface area contributed by atoms with Crippen LogP contribution < -0.4 is 15.5 Å². The number of para-hydroxylation sites is 1. The summed E-state index contributed by atoms with van der Waals surface area (Å²) in [6.45, 7) is 5.42. The highest BCUT2D eigenvalue weighted by Gasteiger charge is 2.28. The van der Waals surface area contributed by atoms with E-state index in [2.05, 4.69) is 28.5 Å². The molecule has 30 heavy (non-hydrogen) atoms. The second-order valence-corrected chi connectivity index (χ2v) is 8.27. The first-order valence-electron chi connectivity index (χ1n) is 10.9. The first-order valence-corrected chi connectivity index (χ1v) is 10.9. The molecule has 2 aromatic carbocycles. The zero-order chi connectivity index (χ0) is 20.9. The van der Waals surface area contributed by atoms with Crippen molar-refractivity contribution >= 4 is 29.0 Å². The number of aryl methyl sites for hydroxylation is 1. The maximum Gasteiger partial charge on any atom is 0.321 e. The molecule has 1 atom stereocenters. The summed E-state index contributed by atoms with van der Waals surface area (Å²) < 4.78 is 0. The van der Waals surface area contributed by atoms with Gasteiger partial charge in [-0.3, -0.25) is 4.79 Å². The topological polar surface area (TPSA) is 64.7 Å². The van der Waals surface area contributed by atoms with E-state index in [1.165, 1.54) is 24.1 Å². The van der Waals surface area contributed by atoms with Gasteiger partial charge in [-0.25, -0.2) is 4.79 Å². The van der Waals surface area contributed by atoms with Gasteiger partial charge in [-0.2, -0.15) is 0 Å². The van der Waals surface area contributed by atoms with E-state index in [4.69, 9.17) is 0 Å². The van der Waals surface area contributed by atoms with E-state index < -0.39 is 0 Å². The van der Waals surface area contributed by atoms with Gasteiger partial charge in [-0.05, 0) is 68.5 Å². The summed E-state index contributed by atoms with van der Waals surface area (Å²) in [7, 11) is 0. The lowest BCUT2D eigenvalue weighted by molar-refractivity contribution is -0.121. The molecule has 2 heterocycles. The Bertz CT molecular complexity index is 893. The normalized spacial score (nSPS) is 18.9. The molecule has 2 aromatic rings. The lowest BCUT2D eigenvalue weighted by atomic mass is 9.97. The van der Waals surface area contributed by atoms with Crippen molar-refractivity contribution in [1.82, 2.24) is 4.90 Å². The van der Waals surface area contributed by atoms with Crippen molar-refractivity contribution in [3.63, 3.8) is 0 Å². The quantitative estimate of drug-likeness (QED) is 0.787. The van der Waals surface area contributed by atoms with E-state index >= 15 is 0 Å². The molecule has 0 radical (unpaired) electrons. The number of hydrogen-bond acceptors (Lipinski definition) is 3. The number of anilines is 3. The largest absolute Gasteiger partial charge is 0.371 e. The molecule has 1 unspecified atom stereocenters. The molecule has 4 rings (SSSR count). The van der Waals surface area contributed by atoms with Crippen molar-refractivity contribution in [3.05, 3.63) is 54.1 Å². The standard InChI is InChI=1S/C24H30N4O2/c1-18-16-21(11-12-22(18)27-13-5-6-14-27)25-23(29)19-8-7-15-28(17-19)24(30)26-20-9-3-2-4-10-20/h2-4,9-12,16,19H,5-8,13-15,17H2,1H3,(H,25,29)(H,26,30). The fourth-order valence-corrected chi connectivity index (χ4v) is 4.39. The lowest BCUT2D eigenvalue weighted by Gasteiger charge is -2.32. The van der Waals surface area contributed by atoms with E-state index in [9.17, 15) is 9.59 Å². The molecule has 0 saturated carbocycles. The van der Waals surface area contributed by atoms with Gasteiger partial charge in [0.25, 0.3) is 0 Å². The number of piperidine rings is 1. The molecule has 0 aliphatic carbocycles. The minimum Gasteiger partial charge on any atom is -0.371 e. The summed E-state index contributed by atoms with van der Waals surface area (Å²) in [5, 5.41) is 5.98. The number of hydrogen-bond donors (Lipinski definition) is 2. The van der Waals surface area contributed by atoms with Crippen LogP contribution >= 0.6 is 0 Å². The molecule has 2 aliphatic heterocycles. The summed E-state index contributed by atoms with van der Waals surface area (Å²) in [6.07, 6.45) is 4.11. The van der Waals surface area contributed by atoms with Gasteiger partial charge in [0.15, 0.2) is 0 Å². The highest BCUT2D eigenvalue weighted by Crippen LogP contribution is 2.27. The smallest absolute Gasteiger partial charge is 0.321 e. The molecule has 0 bridgehead atoms. The number of likely N-dealkylation sites (tertiary alicyclic amines) is 1. The van der Waals surface area contributed by atoms with Crippen LogP contribution in [0.3, 0.4) is 0 Å². The van der Waals surface area contributed by atoms with Gasteiger partial charge in [0.2, 0.25) is 5.91 Å². The van der Waals surface area contributed by atoms with E-state index in [0.717, 1.165) is 37.3 Å². The molecule has 0 spiro atoms. The average Bonchev–Trinajstić information content (AvgIpc) is 3.29. The summed E-state index contributed by atoms with van der Waals surface area (Å²) in [4.78, 5) is 29.6. The number of nitrogens with zero attached hydrogens (tertiary/aromatic N) is 2. The van der Waals surface area contributed by atoms with E-state index in [1.54, 1.807) is 4.90 Å². The van der Waals surface area contributed by atoms with Crippen molar-refractivity contribution in [2.45, 2.75) is 32.6 Å². The third kappa shape index (κ3) is 4.75. The van der Waals surface area contributed by atoms with Crippen LogP contribution in [0, 0.1) is 12.8 Å². The van der Waals surface area contributed by atoms with Crippen LogP contribution in [0.1, 0.15) is 31.2 Å². The Hall–Kier alpha value is -3.02. The summed E-state index contributed by atoms with van der Waals surface area (Å²) in [6, 6.07) is 15.4. The van der Waals surface area contributed by atoms with Crippen LogP contribution in [0.4, 0.5) is 21.9 Å². The molecule has 3 amide bonds. The van der Waals surface area contributed by atoms with Crippen LogP contribution in [-0.2, 0) is 4.79 Å². The van der Waals surface area contributed by atoms with Gasteiger partial charge in [0.05, 0.1) is 5.92 Å². The van der Waals surface area contributed by atoms with Gasteiger partial charge in [0.1, 0.15) is 0 Å². The Morgan fingerprint density at radius 2 is 1.67 bits per heavy atom. The van der Waals surface area contributed by atoms with Crippen molar-refractivity contribution in [1.29, 1.82) is 0 Å². The monoisotopic (exact) mass is 406 g/mol. The van der Waals surface area contributed by atoms with Crippen molar-refractivity contribution < 1.29 is 9.59 Å². The van der Waals surface area contributed by atoms with Crippen molar-refractivity contribution in [2.24, 2.45) is 5.92 Å². The summed E-state index contributed by atoms with van der Waals surface area (Å²) >= 11 is 0. The number of urea groups is 1. The van der Waals surface area contributed by atoms with Crippen LogP contribution in [0.15, 0.2) is 48.5 Å². The number of benzene rings is 2. The Balaban J connectivity index is 1.35. The number of rotatable bonds is 4. The van der Waals surface area contributed by atoms with Crippen LogP contribution in [0.2, 0.25) is 0 Å². The second kappa shape index (κ2) is 9.20. The minimum absolute atomic E-state index is 0.0134. The minimum atomic E-state index is -0.196. The van der Waals surface area contributed by atoms with Crippen molar-refractivity contribution in [3.8, 4) is 0 Å². The van der Waals surface area contributed by atoms with Crippen molar-refractivity contribution in [2.75, 3.05) is 41.7 Å². The van der Waals surface area contributed by atoms with Gasteiger partial charge in [0, 0.05) is 43.2 Å². The van der Waals surface area contributed by atoms with E-state index in [1.807, 2.05) is 42.5 Å². The average molecular weight is 407 g/mol. The first-order chi connectivity index (χ1) is 14.6. The molecule has 2 fully saturated rings. The number of amides is 3. The zero-order valence-electron chi connectivity index (χ0n) is 17.6. The van der Waals surface area contributed by atoms with Gasteiger partial charge in [-0.1, -0.05) is 18.2 Å². The van der Waals surface area contributed by atoms with E-state index in [-0.39, 0.29) is 17.9 Å². The van der Waals surface area contributed by atoms with Gasteiger partial charge < -0.3 is 20.4 Å². The van der Waals surface area contributed by atoms with Crippen LogP contribution in [-0.4, -0.2) is 43.0 Å². The highest BCUT2D eigenvalue weighted by molar-refractivity contribution is 5.94. The SMILES string of the molecule is Cc1cc(NC(=O)C2CCCN(C(=O)Nc3ccccc3)C2)ccc1N1CCCC1. The predicted octanol–water partition coefficient (Wildman–Crippen LogP) is 4.48. The predicted molar refractivity (Wildman–Crippen MR) is 121 cm³/mol. The molecule has 158 valence electrons. The molecule has 6 nitrogen and oxygen atoms in total. The summed E-state index contributed by atoms with van der Waals surface area (Å²) in [5.41, 5.74) is 4.03. The fraction of sp³-hybridized carbons (Fsp3) is 0.417. The lowest BCUT2D eigenvalue weighted by Crippen LogP contribution is -2.45. The molecule has 2 saturated heterocycles. The molecule has 2 aliphatic rings.